The molecule has 1 unspecified atom stereocenters. The van der Waals surface area contributed by atoms with Gasteiger partial charge in [-0.1, -0.05) is 19.3 Å². The van der Waals surface area contributed by atoms with Crippen LogP contribution in [0.1, 0.15) is 32.1 Å². The molecule has 2 aromatic rings. The first-order chi connectivity index (χ1) is 13.4. The molecule has 9 heteroatoms. The highest BCUT2D eigenvalue weighted by molar-refractivity contribution is 7.82. The van der Waals surface area contributed by atoms with Crippen molar-refractivity contribution in [3.8, 4) is 0 Å². The second-order valence-corrected chi connectivity index (χ2v) is 8.43. The summed E-state index contributed by atoms with van der Waals surface area (Å²) in [6, 6.07) is 6.97. The van der Waals surface area contributed by atoms with Gasteiger partial charge in [0.2, 0.25) is 5.95 Å². The Morgan fingerprint density at radius 3 is 2.46 bits per heavy atom. The number of nitrogens with zero attached hydrogens (tertiary/aromatic N) is 4. The molecule has 1 fully saturated rings. The van der Waals surface area contributed by atoms with Crippen LogP contribution in [-0.2, 0) is 15.8 Å². The topological polar surface area (TPSA) is 104 Å². The van der Waals surface area contributed by atoms with E-state index in [-0.39, 0.29) is 5.91 Å². The van der Waals surface area contributed by atoms with Crippen molar-refractivity contribution in [1.82, 2.24) is 9.97 Å². The maximum Gasteiger partial charge on any atom is 0.252 e. The van der Waals surface area contributed by atoms with E-state index in [2.05, 4.69) is 10.3 Å². The van der Waals surface area contributed by atoms with Crippen LogP contribution in [0.25, 0.3) is 0 Å². The highest BCUT2D eigenvalue weighted by Gasteiger charge is 2.49. The van der Waals surface area contributed by atoms with Crippen molar-refractivity contribution >= 4 is 40.0 Å². The van der Waals surface area contributed by atoms with Crippen molar-refractivity contribution in [1.29, 1.82) is 0 Å². The third-order valence-electron chi connectivity index (χ3n) is 5.80. The summed E-state index contributed by atoms with van der Waals surface area (Å²) in [5.74, 6) is 1.32. The van der Waals surface area contributed by atoms with Crippen LogP contribution >= 0.6 is 0 Å². The molecule has 0 radical (unpaired) electrons. The zero-order chi connectivity index (χ0) is 19.9. The van der Waals surface area contributed by atoms with Gasteiger partial charge in [0.1, 0.15) is 22.2 Å². The minimum Gasteiger partial charge on any atom is -0.343 e. The molecule has 1 aromatic heterocycles. The standard InChI is InChI=1S/C19H24N6O2S/c1-24-15-12-21-18(22-13-6-8-14(9-7-13)28(20)27)23-16(15)25(2)19(17(24)26)10-4-3-5-11-19/h6-9,12H,3-5,10-11,20H2,1-2H3,(H,21,22,23). The lowest BCUT2D eigenvalue weighted by molar-refractivity contribution is -0.125. The number of anilines is 4. The SMILES string of the molecule is CN1C(=O)C2(CCCCC2)N(C)c2nc(Nc3ccc(S(N)=O)cc3)ncc21. The van der Waals surface area contributed by atoms with Crippen molar-refractivity contribution < 1.29 is 9.00 Å². The Balaban J connectivity index is 1.66. The number of benzene rings is 1. The average molecular weight is 401 g/mol. The van der Waals surface area contributed by atoms with Crippen LogP contribution < -0.4 is 20.3 Å². The van der Waals surface area contributed by atoms with E-state index in [9.17, 15) is 9.00 Å². The minimum absolute atomic E-state index is 0.122. The van der Waals surface area contributed by atoms with Crippen LogP contribution in [0.15, 0.2) is 35.4 Å². The Labute approximate surface area is 166 Å². The summed E-state index contributed by atoms with van der Waals surface area (Å²) in [6.45, 7) is 0. The molecule has 1 saturated carbocycles. The fourth-order valence-corrected chi connectivity index (χ4v) is 4.57. The molecule has 1 amide bonds. The summed E-state index contributed by atoms with van der Waals surface area (Å²) in [7, 11) is 2.25. The van der Waals surface area contributed by atoms with E-state index in [4.69, 9.17) is 10.1 Å². The second kappa shape index (κ2) is 7.14. The average Bonchev–Trinajstić information content (AvgIpc) is 2.72. The third-order valence-corrected chi connectivity index (χ3v) is 6.53. The fraction of sp³-hybridized carbons (Fsp3) is 0.421. The van der Waals surface area contributed by atoms with Gasteiger partial charge >= 0.3 is 0 Å². The van der Waals surface area contributed by atoms with Crippen LogP contribution in [0, 0.1) is 0 Å². The number of rotatable bonds is 3. The van der Waals surface area contributed by atoms with Gasteiger partial charge in [0.05, 0.1) is 11.1 Å². The molecule has 4 rings (SSSR count). The normalized spacial score (nSPS) is 19.5. The lowest BCUT2D eigenvalue weighted by atomic mass is 9.78. The van der Waals surface area contributed by atoms with Gasteiger partial charge in [-0.3, -0.25) is 4.79 Å². The molecule has 3 N–H and O–H groups in total. The Morgan fingerprint density at radius 2 is 1.82 bits per heavy atom. The lowest BCUT2D eigenvalue weighted by Gasteiger charge is -2.49. The molecule has 2 aliphatic rings. The highest BCUT2D eigenvalue weighted by atomic mass is 32.2. The molecule has 8 nitrogen and oxygen atoms in total. The molecule has 1 spiro atoms. The molecular formula is C19H24N6O2S. The largest absolute Gasteiger partial charge is 0.343 e. The molecular weight excluding hydrogens is 376 g/mol. The predicted molar refractivity (Wildman–Crippen MR) is 110 cm³/mol. The Hall–Kier alpha value is -2.52. The predicted octanol–water partition coefficient (Wildman–Crippen LogP) is 2.32. The Morgan fingerprint density at radius 1 is 1.14 bits per heavy atom. The van der Waals surface area contributed by atoms with Gasteiger partial charge in [-0.25, -0.2) is 14.3 Å². The first-order valence-corrected chi connectivity index (χ1v) is 10.6. The molecule has 148 valence electrons. The van der Waals surface area contributed by atoms with Gasteiger partial charge in [0, 0.05) is 19.8 Å². The zero-order valence-corrected chi connectivity index (χ0v) is 16.8. The maximum atomic E-state index is 13.1. The summed E-state index contributed by atoms with van der Waals surface area (Å²) in [5, 5.41) is 8.56. The first-order valence-electron chi connectivity index (χ1n) is 9.35. The van der Waals surface area contributed by atoms with Gasteiger partial charge in [-0.15, -0.1) is 0 Å². The summed E-state index contributed by atoms with van der Waals surface area (Å²) in [6.07, 6.45) is 6.62. The van der Waals surface area contributed by atoms with Gasteiger partial charge in [-0.05, 0) is 37.1 Å². The maximum absolute atomic E-state index is 13.1. The number of aromatic nitrogens is 2. The number of hydrogen-bond donors (Lipinski definition) is 2. The monoisotopic (exact) mass is 400 g/mol. The van der Waals surface area contributed by atoms with Crippen LogP contribution in [0.4, 0.5) is 23.1 Å². The Kier molecular flexibility index (Phi) is 4.80. The van der Waals surface area contributed by atoms with Crippen LogP contribution in [0.3, 0.4) is 0 Å². The minimum atomic E-state index is -1.51. The summed E-state index contributed by atoms with van der Waals surface area (Å²) < 4.78 is 11.3. The van der Waals surface area contributed by atoms with E-state index in [0.29, 0.717) is 16.5 Å². The lowest BCUT2D eigenvalue weighted by Crippen LogP contribution is -2.62. The number of nitrogens with two attached hydrogens (primary N) is 1. The quantitative estimate of drug-likeness (QED) is 0.819. The van der Waals surface area contributed by atoms with Crippen LogP contribution in [0.5, 0.6) is 0 Å². The van der Waals surface area contributed by atoms with Gasteiger partial charge in [0.25, 0.3) is 5.91 Å². The third kappa shape index (κ3) is 3.04. The number of hydrogen-bond acceptors (Lipinski definition) is 6. The first kappa shape index (κ1) is 18.8. The number of likely N-dealkylation sites (N-methyl/N-ethyl adjacent to an activating group) is 2. The number of carbonyl (C=O) groups excluding carboxylic acids is 1. The summed E-state index contributed by atoms with van der Waals surface area (Å²) in [5.41, 5.74) is 0.964. The molecule has 1 aromatic carbocycles. The molecule has 0 bridgehead atoms. The number of amides is 1. The molecule has 28 heavy (non-hydrogen) atoms. The van der Waals surface area contributed by atoms with Crippen molar-refractivity contribution in [2.45, 2.75) is 42.5 Å². The van der Waals surface area contributed by atoms with Crippen LogP contribution in [0.2, 0.25) is 0 Å². The van der Waals surface area contributed by atoms with Crippen molar-refractivity contribution in [2.75, 3.05) is 29.2 Å². The van der Waals surface area contributed by atoms with Crippen LogP contribution in [-0.4, -0.2) is 39.7 Å². The van der Waals surface area contributed by atoms with Crippen molar-refractivity contribution in [3.63, 3.8) is 0 Å². The Bertz CT molecular complexity index is 927. The summed E-state index contributed by atoms with van der Waals surface area (Å²) in [4.78, 5) is 26.5. The molecule has 0 saturated heterocycles. The van der Waals surface area contributed by atoms with E-state index in [1.165, 1.54) is 6.42 Å². The van der Waals surface area contributed by atoms with E-state index >= 15 is 0 Å². The van der Waals surface area contributed by atoms with Crippen molar-refractivity contribution in [2.24, 2.45) is 5.14 Å². The number of fused-ring (bicyclic) bond motifs is 1. The van der Waals surface area contributed by atoms with Gasteiger partial charge < -0.3 is 15.1 Å². The molecule has 1 aliphatic carbocycles. The van der Waals surface area contributed by atoms with Crippen molar-refractivity contribution in [3.05, 3.63) is 30.5 Å². The fourth-order valence-electron chi connectivity index (χ4n) is 4.17. The number of nitrogens with one attached hydrogen (secondary N) is 1. The molecule has 2 heterocycles. The van der Waals surface area contributed by atoms with E-state index in [1.54, 1.807) is 42.4 Å². The molecule has 1 aliphatic heterocycles. The van der Waals surface area contributed by atoms with E-state index in [1.807, 2.05) is 11.9 Å². The highest BCUT2D eigenvalue weighted by Crippen LogP contribution is 2.44. The van der Waals surface area contributed by atoms with E-state index in [0.717, 1.165) is 37.2 Å². The second-order valence-electron chi connectivity index (χ2n) is 7.36. The zero-order valence-electron chi connectivity index (χ0n) is 16.0. The van der Waals surface area contributed by atoms with Gasteiger partial charge in [0.15, 0.2) is 5.82 Å². The smallest absolute Gasteiger partial charge is 0.252 e. The van der Waals surface area contributed by atoms with Gasteiger partial charge in [-0.2, -0.15) is 4.98 Å². The van der Waals surface area contributed by atoms with E-state index < -0.39 is 16.5 Å². The molecule has 1 atom stereocenters. The summed E-state index contributed by atoms with van der Waals surface area (Å²) >= 11 is 0. The number of carbonyl (C=O) groups is 1.